The third kappa shape index (κ3) is 2.17. The second kappa shape index (κ2) is 4.63. The maximum atomic E-state index is 12.8. The molecule has 0 aromatic carbocycles. The van der Waals surface area contributed by atoms with Gasteiger partial charge in [0.15, 0.2) is 11.4 Å². The fraction of sp³-hybridized carbons (Fsp3) is 0.375. The molecule has 0 aliphatic rings. The minimum absolute atomic E-state index is 0.0710. The Labute approximate surface area is 87.2 Å². The second-order valence-electron chi connectivity index (χ2n) is 2.46. The highest BCUT2D eigenvalue weighted by molar-refractivity contribution is 9.08. The van der Waals surface area contributed by atoms with Gasteiger partial charge in [-0.2, -0.15) is 4.39 Å². The van der Waals surface area contributed by atoms with Crippen LogP contribution in [-0.4, -0.2) is 12.1 Å². The van der Waals surface area contributed by atoms with Crippen molar-refractivity contribution in [3.05, 3.63) is 23.3 Å². The summed E-state index contributed by atoms with van der Waals surface area (Å²) in [5, 5.41) is 0.231. The lowest BCUT2D eigenvalue weighted by Gasteiger charge is -2.10. The Morgan fingerprint density at radius 2 is 2.21 bits per heavy atom. The molecule has 0 aliphatic heterocycles. The van der Waals surface area contributed by atoms with Gasteiger partial charge < -0.3 is 4.74 Å². The Balaban J connectivity index is 3.31. The zero-order valence-electron chi connectivity index (χ0n) is 7.23. The topological polar surface area (TPSA) is 22.1 Å². The van der Waals surface area contributed by atoms with Crippen molar-refractivity contribution in [2.24, 2.45) is 0 Å². The molecule has 1 aromatic heterocycles. The summed E-state index contributed by atoms with van der Waals surface area (Å²) in [4.78, 5) is 3.09. The Kier molecular flexibility index (Phi) is 3.74. The number of aromatic nitrogens is 1. The Bertz CT molecular complexity index is 333. The third-order valence-corrected chi connectivity index (χ3v) is 2.20. The van der Waals surface area contributed by atoms with Crippen molar-refractivity contribution in [3.63, 3.8) is 0 Å². The number of hydrogen-bond donors (Lipinski definition) is 0. The predicted octanol–water partition coefficient (Wildman–Crippen LogP) is 3.06. The first kappa shape index (κ1) is 11.3. The summed E-state index contributed by atoms with van der Waals surface area (Å²) in [5.74, 6) is -1.01. The van der Waals surface area contributed by atoms with Crippen LogP contribution < -0.4 is 4.74 Å². The summed E-state index contributed by atoms with van der Waals surface area (Å²) in [6, 6.07) is 1.06. The van der Waals surface area contributed by atoms with Crippen molar-refractivity contribution in [2.75, 3.05) is 7.11 Å². The zero-order chi connectivity index (χ0) is 10.7. The number of hydrogen-bond acceptors (Lipinski definition) is 2. The van der Waals surface area contributed by atoms with Crippen molar-refractivity contribution in [1.29, 1.82) is 0 Å². The number of methoxy groups -OCH3 is 1. The van der Waals surface area contributed by atoms with Gasteiger partial charge in [-0.05, 0) is 0 Å². The number of rotatable bonds is 3. The van der Waals surface area contributed by atoms with Gasteiger partial charge in [0.05, 0.1) is 7.11 Å². The predicted molar refractivity (Wildman–Crippen MR) is 48.3 cm³/mol. The molecule has 14 heavy (non-hydrogen) atoms. The molecule has 2 nitrogen and oxygen atoms in total. The molecule has 0 N–H and O–H groups in total. The number of pyridine rings is 1. The summed E-state index contributed by atoms with van der Waals surface area (Å²) in [7, 11) is 1.24. The SMILES string of the molecule is COc1c(CBr)cc(F)nc1C(F)F. The Hall–Kier alpha value is -0.780. The minimum Gasteiger partial charge on any atom is -0.494 e. The highest BCUT2D eigenvalue weighted by atomic mass is 79.9. The fourth-order valence-corrected chi connectivity index (χ4v) is 1.47. The molecule has 0 unspecified atom stereocenters. The molecule has 0 fully saturated rings. The van der Waals surface area contributed by atoms with E-state index in [0.717, 1.165) is 6.07 Å². The van der Waals surface area contributed by atoms with E-state index in [2.05, 4.69) is 20.9 Å². The molecule has 0 atom stereocenters. The van der Waals surface area contributed by atoms with Crippen LogP contribution in [0.2, 0.25) is 0 Å². The summed E-state index contributed by atoms with van der Waals surface area (Å²) in [6.07, 6.45) is -2.85. The van der Waals surface area contributed by atoms with Crippen molar-refractivity contribution >= 4 is 15.9 Å². The van der Waals surface area contributed by atoms with Crippen molar-refractivity contribution in [1.82, 2.24) is 4.98 Å². The van der Waals surface area contributed by atoms with E-state index in [-0.39, 0.29) is 11.1 Å². The average Bonchev–Trinajstić information content (AvgIpc) is 2.16. The third-order valence-electron chi connectivity index (χ3n) is 1.60. The maximum absolute atomic E-state index is 12.8. The maximum Gasteiger partial charge on any atom is 0.284 e. The van der Waals surface area contributed by atoms with Crippen LogP contribution in [0.25, 0.3) is 0 Å². The van der Waals surface area contributed by atoms with E-state index in [1.807, 2.05) is 0 Å². The molecular formula is C8H7BrF3NO. The smallest absolute Gasteiger partial charge is 0.284 e. The number of ether oxygens (including phenoxy) is 1. The zero-order valence-corrected chi connectivity index (χ0v) is 8.82. The van der Waals surface area contributed by atoms with Gasteiger partial charge in [0.2, 0.25) is 5.95 Å². The quantitative estimate of drug-likeness (QED) is 0.622. The number of halogens is 4. The lowest BCUT2D eigenvalue weighted by Crippen LogP contribution is -2.02. The monoisotopic (exact) mass is 269 g/mol. The van der Waals surface area contributed by atoms with Crippen LogP contribution >= 0.6 is 15.9 Å². The highest BCUT2D eigenvalue weighted by Crippen LogP contribution is 2.31. The minimum atomic E-state index is -2.85. The van der Waals surface area contributed by atoms with Crippen LogP contribution in [0.3, 0.4) is 0 Å². The Morgan fingerprint density at radius 3 is 2.64 bits per heavy atom. The molecule has 78 valence electrons. The van der Waals surface area contributed by atoms with Gasteiger partial charge in [-0.25, -0.2) is 13.8 Å². The molecule has 0 saturated heterocycles. The van der Waals surface area contributed by atoms with E-state index in [1.54, 1.807) is 0 Å². The first-order chi connectivity index (χ1) is 6.60. The van der Waals surface area contributed by atoms with Crippen molar-refractivity contribution in [2.45, 2.75) is 11.8 Å². The molecule has 1 rings (SSSR count). The van der Waals surface area contributed by atoms with Crippen molar-refractivity contribution in [3.8, 4) is 5.75 Å². The lowest BCUT2D eigenvalue weighted by atomic mass is 10.2. The van der Waals surface area contributed by atoms with Gasteiger partial charge in [0, 0.05) is 17.0 Å². The van der Waals surface area contributed by atoms with Gasteiger partial charge in [-0.3, -0.25) is 0 Å². The van der Waals surface area contributed by atoms with Gasteiger partial charge in [0.1, 0.15) is 0 Å². The van der Waals surface area contributed by atoms with Crippen LogP contribution in [0.1, 0.15) is 17.7 Å². The standard InChI is InChI=1S/C8H7BrF3NO/c1-14-7-4(3-9)2-5(10)13-6(7)8(11)12/h2,8H,3H2,1H3. The highest BCUT2D eigenvalue weighted by Gasteiger charge is 2.20. The van der Waals surface area contributed by atoms with Crippen molar-refractivity contribution < 1.29 is 17.9 Å². The van der Waals surface area contributed by atoms with E-state index >= 15 is 0 Å². The van der Waals surface area contributed by atoms with Gasteiger partial charge in [-0.1, -0.05) is 15.9 Å². The summed E-state index contributed by atoms with van der Waals surface area (Å²) < 4.78 is 42.3. The molecule has 0 spiro atoms. The summed E-state index contributed by atoms with van der Waals surface area (Å²) in [6.45, 7) is 0. The molecule has 0 bridgehead atoms. The summed E-state index contributed by atoms with van der Waals surface area (Å²) >= 11 is 3.05. The fourth-order valence-electron chi connectivity index (χ4n) is 1.05. The van der Waals surface area contributed by atoms with Crippen LogP contribution in [0.4, 0.5) is 13.2 Å². The van der Waals surface area contributed by atoms with Gasteiger partial charge in [-0.15, -0.1) is 0 Å². The second-order valence-corrected chi connectivity index (χ2v) is 3.02. The lowest BCUT2D eigenvalue weighted by molar-refractivity contribution is 0.140. The van der Waals surface area contributed by atoms with Gasteiger partial charge in [0.25, 0.3) is 6.43 Å². The molecular weight excluding hydrogens is 263 g/mol. The molecule has 1 aromatic rings. The number of nitrogens with zero attached hydrogens (tertiary/aromatic N) is 1. The normalized spacial score (nSPS) is 10.7. The molecule has 0 radical (unpaired) electrons. The van der Waals surface area contributed by atoms with Crippen LogP contribution in [0.5, 0.6) is 5.75 Å². The van der Waals surface area contributed by atoms with Crippen LogP contribution in [0.15, 0.2) is 6.07 Å². The van der Waals surface area contributed by atoms with Crippen LogP contribution in [0, 0.1) is 5.95 Å². The molecule has 0 amide bonds. The molecule has 0 aliphatic carbocycles. The number of alkyl halides is 3. The largest absolute Gasteiger partial charge is 0.494 e. The molecule has 0 saturated carbocycles. The van der Waals surface area contributed by atoms with E-state index in [4.69, 9.17) is 4.74 Å². The molecule has 1 heterocycles. The van der Waals surface area contributed by atoms with E-state index in [1.165, 1.54) is 7.11 Å². The first-order valence-corrected chi connectivity index (χ1v) is 4.79. The van der Waals surface area contributed by atoms with E-state index in [9.17, 15) is 13.2 Å². The Morgan fingerprint density at radius 1 is 1.57 bits per heavy atom. The van der Waals surface area contributed by atoms with E-state index in [0.29, 0.717) is 5.56 Å². The average molecular weight is 270 g/mol. The molecule has 6 heteroatoms. The van der Waals surface area contributed by atoms with Gasteiger partial charge >= 0.3 is 0 Å². The first-order valence-electron chi connectivity index (χ1n) is 3.67. The van der Waals surface area contributed by atoms with Crippen LogP contribution in [-0.2, 0) is 5.33 Å². The summed E-state index contributed by atoms with van der Waals surface area (Å²) in [5.41, 5.74) is -0.350. The van der Waals surface area contributed by atoms with E-state index < -0.39 is 18.1 Å².